The lowest BCUT2D eigenvalue weighted by Crippen LogP contribution is -2.46. The summed E-state index contributed by atoms with van der Waals surface area (Å²) in [6.45, 7) is 6.52. The van der Waals surface area contributed by atoms with E-state index in [1.165, 1.54) is 212 Å². The second-order valence-corrected chi connectivity index (χ2v) is 19.7. The predicted molar refractivity (Wildman–Crippen MR) is 273 cm³/mol. The first kappa shape index (κ1) is 61.6. The molecule has 374 valence electrons. The lowest BCUT2D eigenvalue weighted by atomic mass is 10.0. The Morgan fingerprint density at radius 3 is 1.14 bits per heavy atom. The maximum Gasteiger partial charge on any atom is 0.306 e. The van der Waals surface area contributed by atoms with Gasteiger partial charge in [0.05, 0.1) is 25.2 Å². The Kier molecular flexibility index (Phi) is 50.4. The lowest BCUT2D eigenvalue weighted by Gasteiger charge is -2.24. The summed E-state index contributed by atoms with van der Waals surface area (Å²) in [5.74, 6) is -0.468. The first-order chi connectivity index (χ1) is 31.0. The molecule has 0 saturated carbocycles. The molecule has 6 heteroatoms. The minimum absolute atomic E-state index is 0.0746. The van der Waals surface area contributed by atoms with Crippen molar-refractivity contribution in [1.82, 2.24) is 5.32 Å². The van der Waals surface area contributed by atoms with Crippen molar-refractivity contribution in [2.75, 3.05) is 6.61 Å². The summed E-state index contributed by atoms with van der Waals surface area (Å²) in [4.78, 5) is 26.2. The quantitative estimate of drug-likeness (QED) is 0.0321. The Morgan fingerprint density at radius 1 is 0.444 bits per heavy atom. The number of esters is 1. The van der Waals surface area contributed by atoms with Gasteiger partial charge in [-0.15, -0.1) is 0 Å². The van der Waals surface area contributed by atoms with Crippen molar-refractivity contribution in [3.05, 3.63) is 12.2 Å². The third kappa shape index (κ3) is 46.9. The molecule has 63 heavy (non-hydrogen) atoms. The van der Waals surface area contributed by atoms with Gasteiger partial charge in [-0.05, 0) is 51.4 Å². The van der Waals surface area contributed by atoms with E-state index in [2.05, 4.69) is 38.2 Å². The fourth-order valence-corrected chi connectivity index (χ4v) is 9.02. The van der Waals surface area contributed by atoms with Crippen molar-refractivity contribution in [3.8, 4) is 0 Å². The van der Waals surface area contributed by atoms with Crippen LogP contribution in [0.5, 0.6) is 0 Å². The summed E-state index contributed by atoms with van der Waals surface area (Å²) in [6, 6.07) is -0.700. The standard InChI is InChI=1S/C57H111NO5/c1-4-7-10-13-16-19-22-25-27-29-31-33-36-39-42-45-48-53(63-57(62)50-47-44-41-38-35-30-24-21-18-15-12-9-6-3)51-56(61)58-54(52-59)55(60)49-46-43-40-37-34-32-28-26-23-20-17-14-11-8-5-2/h31,33,53-55,59-60H,4-30,32,34-52H2,1-3H3,(H,58,61)/b33-31+. The highest BCUT2D eigenvalue weighted by Gasteiger charge is 2.24. The van der Waals surface area contributed by atoms with Gasteiger partial charge in [0.15, 0.2) is 0 Å². The van der Waals surface area contributed by atoms with Crippen molar-refractivity contribution in [1.29, 1.82) is 0 Å². The molecular formula is C57H111NO5. The summed E-state index contributed by atoms with van der Waals surface area (Å²) >= 11 is 0. The van der Waals surface area contributed by atoms with Crippen LogP contribution >= 0.6 is 0 Å². The van der Waals surface area contributed by atoms with E-state index in [-0.39, 0.29) is 24.9 Å². The molecule has 0 aliphatic rings. The van der Waals surface area contributed by atoms with Crippen LogP contribution in [0.3, 0.4) is 0 Å². The van der Waals surface area contributed by atoms with E-state index >= 15 is 0 Å². The van der Waals surface area contributed by atoms with Gasteiger partial charge in [0.1, 0.15) is 6.10 Å². The largest absolute Gasteiger partial charge is 0.462 e. The summed E-state index contributed by atoms with van der Waals surface area (Å²) in [5, 5.41) is 23.9. The van der Waals surface area contributed by atoms with E-state index in [0.717, 1.165) is 57.8 Å². The zero-order valence-electron chi connectivity index (χ0n) is 42.7. The minimum atomic E-state index is -0.786. The van der Waals surface area contributed by atoms with Crippen LogP contribution < -0.4 is 5.32 Å². The van der Waals surface area contributed by atoms with Crippen LogP contribution in [-0.4, -0.2) is 46.9 Å². The Labute approximate surface area is 393 Å². The van der Waals surface area contributed by atoms with E-state index in [4.69, 9.17) is 4.74 Å². The number of hydrogen-bond donors (Lipinski definition) is 3. The normalized spacial score (nSPS) is 13.2. The number of aliphatic hydroxyl groups excluding tert-OH is 2. The summed E-state index contributed by atoms with van der Waals surface area (Å²) in [6.07, 6.45) is 58.5. The van der Waals surface area contributed by atoms with Crippen LogP contribution in [0.2, 0.25) is 0 Å². The Morgan fingerprint density at radius 2 is 0.762 bits per heavy atom. The monoisotopic (exact) mass is 890 g/mol. The van der Waals surface area contributed by atoms with Crippen LogP contribution in [-0.2, 0) is 14.3 Å². The van der Waals surface area contributed by atoms with Gasteiger partial charge >= 0.3 is 5.97 Å². The average molecular weight is 891 g/mol. The fourth-order valence-electron chi connectivity index (χ4n) is 9.02. The van der Waals surface area contributed by atoms with Gasteiger partial charge in [0.2, 0.25) is 5.91 Å². The number of ether oxygens (including phenoxy) is 1. The smallest absolute Gasteiger partial charge is 0.306 e. The van der Waals surface area contributed by atoms with E-state index in [9.17, 15) is 19.8 Å². The highest BCUT2D eigenvalue weighted by Crippen LogP contribution is 2.19. The highest BCUT2D eigenvalue weighted by molar-refractivity contribution is 5.77. The average Bonchev–Trinajstić information content (AvgIpc) is 3.28. The van der Waals surface area contributed by atoms with Crippen LogP contribution in [0, 0.1) is 0 Å². The molecular weight excluding hydrogens is 779 g/mol. The van der Waals surface area contributed by atoms with Gasteiger partial charge in [0.25, 0.3) is 0 Å². The molecule has 0 saturated heterocycles. The van der Waals surface area contributed by atoms with Crippen LogP contribution in [0.25, 0.3) is 0 Å². The molecule has 0 spiro atoms. The van der Waals surface area contributed by atoms with Crippen LogP contribution in [0.1, 0.15) is 316 Å². The first-order valence-electron chi connectivity index (χ1n) is 28.4. The molecule has 0 aromatic carbocycles. The summed E-state index contributed by atoms with van der Waals surface area (Å²) < 4.78 is 5.95. The number of carbonyl (C=O) groups excluding carboxylic acids is 2. The molecule has 0 aliphatic heterocycles. The number of amides is 1. The van der Waals surface area contributed by atoms with Crippen molar-refractivity contribution < 1.29 is 24.5 Å². The number of carbonyl (C=O) groups is 2. The molecule has 0 aromatic rings. The molecule has 3 unspecified atom stereocenters. The van der Waals surface area contributed by atoms with Crippen molar-refractivity contribution in [3.63, 3.8) is 0 Å². The Bertz CT molecular complexity index is 955. The number of allylic oxidation sites excluding steroid dienone is 2. The second-order valence-electron chi connectivity index (χ2n) is 19.7. The van der Waals surface area contributed by atoms with Gasteiger partial charge in [-0.2, -0.15) is 0 Å². The van der Waals surface area contributed by atoms with Gasteiger partial charge in [-0.3, -0.25) is 9.59 Å². The highest BCUT2D eigenvalue weighted by atomic mass is 16.5. The summed E-state index contributed by atoms with van der Waals surface area (Å²) in [7, 11) is 0. The molecule has 0 bridgehead atoms. The topological polar surface area (TPSA) is 95.9 Å². The maximum atomic E-state index is 13.2. The van der Waals surface area contributed by atoms with Gasteiger partial charge in [0, 0.05) is 6.42 Å². The number of aliphatic hydroxyl groups is 2. The molecule has 1 amide bonds. The Balaban J connectivity index is 4.53. The summed E-state index contributed by atoms with van der Waals surface area (Å²) in [5.41, 5.74) is 0. The first-order valence-corrected chi connectivity index (χ1v) is 28.4. The number of hydrogen-bond acceptors (Lipinski definition) is 5. The van der Waals surface area contributed by atoms with Gasteiger partial charge < -0.3 is 20.3 Å². The van der Waals surface area contributed by atoms with Crippen LogP contribution in [0.4, 0.5) is 0 Å². The fraction of sp³-hybridized carbons (Fsp3) is 0.930. The zero-order valence-corrected chi connectivity index (χ0v) is 42.7. The molecule has 3 N–H and O–H groups in total. The molecule has 6 nitrogen and oxygen atoms in total. The lowest BCUT2D eigenvalue weighted by molar-refractivity contribution is -0.151. The number of rotatable bonds is 52. The second kappa shape index (κ2) is 51.6. The van der Waals surface area contributed by atoms with Gasteiger partial charge in [-0.1, -0.05) is 264 Å². The maximum absolute atomic E-state index is 13.2. The number of unbranched alkanes of at least 4 members (excludes halogenated alkanes) is 38. The third-order valence-corrected chi connectivity index (χ3v) is 13.3. The molecule has 0 heterocycles. The molecule has 0 fully saturated rings. The van der Waals surface area contributed by atoms with Gasteiger partial charge in [-0.25, -0.2) is 0 Å². The Hall–Kier alpha value is -1.40. The van der Waals surface area contributed by atoms with Crippen molar-refractivity contribution >= 4 is 11.9 Å². The molecule has 0 aliphatic carbocycles. The predicted octanol–water partition coefficient (Wildman–Crippen LogP) is 17.3. The van der Waals surface area contributed by atoms with E-state index in [0.29, 0.717) is 19.3 Å². The molecule has 0 radical (unpaired) electrons. The van der Waals surface area contributed by atoms with Crippen molar-refractivity contribution in [2.45, 2.75) is 334 Å². The molecule has 3 atom stereocenters. The zero-order chi connectivity index (χ0) is 45.9. The SMILES string of the molecule is CCCCCCCCCCC/C=C/CCCCCC(CC(=O)NC(CO)C(O)CCCCCCCCCCCCCCCCC)OC(=O)CCCCCCCCCCCCCCC. The van der Waals surface area contributed by atoms with Crippen molar-refractivity contribution in [2.24, 2.45) is 0 Å². The minimum Gasteiger partial charge on any atom is -0.462 e. The van der Waals surface area contributed by atoms with E-state index in [1.54, 1.807) is 0 Å². The van der Waals surface area contributed by atoms with E-state index in [1.807, 2.05) is 0 Å². The molecule has 0 rings (SSSR count). The van der Waals surface area contributed by atoms with Crippen LogP contribution in [0.15, 0.2) is 12.2 Å². The third-order valence-electron chi connectivity index (χ3n) is 13.3. The van der Waals surface area contributed by atoms with E-state index < -0.39 is 18.2 Å². The molecule has 0 aromatic heterocycles. The number of nitrogens with one attached hydrogen (secondary N) is 1.